The molecule has 0 N–H and O–H groups in total. The summed E-state index contributed by atoms with van der Waals surface area (Å²) in [6.07, 6.45) is 3.55. The SMILES string of the molecule is C=CCOC(=O)N1CCC[C@H]1C. The van der Waals surface area contributed by atoms with Gasteiger partial charge in [-0.15, -0.1) is 0 Å². The molecule has 1 atom stereocenters. The fourth-order valence-corrected chi connectivity index (χ4v) is 1.42. The molecule has 12 heavy (non-hydrogen) atoms. The Hall–Kier alpha value is -0.990. The molecule has 1 fully saturated rings. The third kappa shape index (κ3) is 2.00. The third-order valence-electron chi connectivity index (χ3n) is 2.11. The molecule has 0 aromatic rings. The Bertz CT molecular complexity index is 179. The van der Waals surface area contributed by atoms with Crippen molar-refractivity contribution < 1.29 is 9.53 Å². The van der Waals surface area contributed by atoms with Crippen LogP contribution in [0.15, 0.2) is 12.7 Å². The Labute approximate surface area is 73.0 Å². The van der Waals surface area contributed by atoms with Crippen LogP contribution in [0.5, 0.6) is 0 Å². The maximum atomic E-state index is 11.3. The van der Waals surface area contributed by atoms with Crippen molar-refractivity contribution >= 4 is 6.09 Å². The minimum Gasteiger partial charge on any atom is -0.445 e. The Kier molecular flexibility index (Phi) is 3.14. The highest BCUT2D eigenvalue weighted by Gasteiger charge is 2.25. The van der Waals surface area contributed by atoms with E-state index in [1.807, 2.05) is 6.92 Å². The quantitative estimate of drug-likeness (QED) is 0.590. The number of hydrogen-bond acceptors (Lipinski definition) is 2. The molecular weight excluding hydrogens is 154 g/mol. The molecular formula is C9H15NO2. The van der Waals surface area contributed by atoms with Crippen LogP contribution in [0.2, 0.25) is 0 Å². The first kappa shape index (κ1) is 9.10. The van der Waals surface area contributed by atoms with Gasteiger partial charge in [0.1, 0.15) is 6.61 Å². The number of likely N-dealkylation sites (tertiary alicyclic amines) is 1. The van der Waals surface area contributed by atoms with Crippen LogP contribution in [-0.4, -0.2) is 30.2 Å². The van der Waals surface area contributed by atoms with Crippen molar-refractivity contribution in [2.75, 3.05) is 13.2 Å². The van der Waals surface area contributed by atoms with Crippen molar-refractivity contribution in [2.24, 2.45) is 0 Å². The van der Waals surface area contributed by atoms with Gasteiger partial charge in [-0.3, -0.25) is 0 Å². The van der Waals surface area contributed by atoms with Gasteiger partial charge in [-0.2, -0.15) is 0 Å². The van der Waals surface area contributed by atoms with Gasteiger partial charge in [0.05, 0.1) is 0 Å². The zero-order chi connectivity index (χ0) is 8.97. The summed E-state index contributed by atoms with van der Waals surface area (Å²) in [6, 6.07) is 0.335. The molecule has 0 saturated carbocycles. The van der Waals surface area contributed by atoms with Gasteiger partial charge in [0, 0.05) is 12.6 Å². The van der Waals surface area contributed by atoms with Crippen molar-refractivity contribution in [2.45, 2.75) is 25.8 Å². The average Bonchev–Trinajstić information content (AvgIpc) is 2.47. The second-order valence-electron chi connectivity index (χ2n) is 3.05. The first-order chi connectivity index (χ1) is 5.75. The highest BCUT2D eigenvalue weighted by Crippen LogP contribution is 2.16. The van der Waals surface area contributed by atoms with Crippen molar-refractivity contribution in [1.82, 2.24) is 4.90 Å². The number of nitrogens with zero attached hydrogens (tertiary/aromatic N) is 1. The van der Waals surface area contributed by atoms with Gasteiger partial charge in [0.2, 0.25) is 0 Å². The first-order valence-electron chi connectivity index (χ1n) is 4.30. The predicted octanol–water partition coefficient (Wildman–Crippen LogP) is 1.79. The van der Waals surface area contributed by atoms with Gasteiger partial charge in [-0.25, -0.2) is 4.79 Å². The van der Waals surface area contributed by atoms with E-state index < -0.39 is 0 Å². The highest BCUT2D eigenvalue weighted by atomic mass is 16.6. The molecule has 0 aromatic carbocycles. The number of ether oxygens (including phenoxy) is 1. The van der Waals surface area contributed by atoms with E-state index in [0.29, 0.717) is 12.6 Å². The second kappa shape index (κ2) is 4.14. The predicted molar refractivity (Wildman–Crippen MR) is 46.9 cm³/mol. The summed E-state index contributed by atoms with van der Waals surface area (Å²) in [6.45, 7) is 6.66. The van der Waals surface area contributed by atoms with Gasteiger partial charge in [0.15, 0.2) is 0 Å². The van der Waals surface area contributed by atoms with E-state index in [9.17, 15) is 4.79 Å². The zero-order valence-corrected chi connectivity index (χ0v) is 7.45. The van der Waals surface area contributed by atoms with Crippen LogP contribution in [0.25, 0.3) is 0 Å². The largest absolute Gasteiger partial charge is 0.445 e. The summed E-state index contributed by atoms with van der Waals surface area (Å²) in [5, 5.41) is 0. The van der Waals surface area contributed by atoms with Gasteiger partial charge in [0.25, 0.3) is 0 Å². The molecule has 1 aliphatic rings. The molecule has 3 nitrogen and oxygen atoms in total. The summed E-state index contributed by atoms with van der Waals surface area (Å²) in [5.41, 5.74) is 0. The van der Waals surface area contributed by atoms with E-state index >= 15 is 0 Å². The van der Waals surface area contributed by atoms with Crippen LogP contribution in [0.4, 0.5) is 4.79 Å². The fraction of sp³-hybridized carbons (Fsp3) is 0.667. The van der Waals surface area contributed by atoms with E-state index in [1.54, 1.807) is 11.0 Å². The average molecular weight is 169 g/mol. The van der Waals surface area contributed by atoms with E-state index in [-0.39, 0.29) is 6.09 Å². The maximum absolute atomic E-state index is 11.3. The van der Waals surface area contributed by atoms with Crippen molar-refractivity contribution in [3.63, 3.8) is 0 Å². The zero-order valence-electron chi connectivity index (χ0n) is 7.45. The summed E-state index contributed by atoms with van der Waals surface area (Å²) in [5.74, 6) is 0. The summed E-state index contributed by atoms with van der Waals surface area (Å²) < 4.78 is 4.91. The highest BCUT2D eigenvalue weighted by molar-refractivity contribution is 5.68. The van der Waals surface area contributed by atoms with E-state index in [4.69, 9.17) is 4.74 Å². The summed E-state index contributed by atoms with van der Waals surface area (Å²) in [4.78, 5) is 13.0. The van der Waals surface area contributed by atoms with Gasteiger partial charge < -0.3 is 9.64 Å². The Morgan fingerprint density at radius 1 is 1.83 bits per heavy atom. The minimum atomic E-state index is -0.208. The van der Waals surface area contributed by atoms with Crippen LogP contribution in [0.1, 0.15) is 19.8 Å². The van der Waals surface area contributed by atoms with E-state index in [0.717, 1.165) is 19.4 Å². The van der Waals surface area contributed by atoms with Crippen LogP contribution >= 0.6 is 0 Å². The van der Waals surface area contributed by atoms with Crippen molar-refractivity contribution in [1.29, 1.82) is 0 Å². The lowest BCUT2D eigenvalue weighted by Crippen LogP contribution is -2.34. The number of carbonyl (C=O) groups is 1. The van der Waals surface area contributed by atoms with Gasteiger partial charge in [-0.1, -0.05) is 12.7 Å². The van der Waals surface area contributed by atoms with Crippen LogP contribution in [-0.2, 0) is 4.74 Å². The van der Waals surface area contributed by atoms with Gasteiger partial charge >= 0.3 is 6.09 Å². The summed E-state index contributed by atoms with van der Waals surface area (Å²) >= 11 is 0. The molecule has 0 aliphatic carbocycles. The summed E-state index contributed by atoms with van der Waals surface area (Å²) in [7, 11) is 0. The monoisotopic (exact) mass is 169 g/mol. The van der Waals surface area contributed by atoms with Crippen LogP contribution in [0.3, 0.4) is 0 Å². The van der Waals surface area contributed by atoms with Crippen molar-refractivity contribution in [3.8, 4) is 0 Å². The molecule has 0 spiro atoms. The Balaban J connectivity index is 2.35. The lowest BCUT2D eigenvalue weighted by atomic mass is 10.2. The molecule has 1 aliphatic heterocycles. The number of carbonyl (C=O) groups excluding carboxylic acids is 1. The molecule has 1 heterocycles. The second-order valence-corrected chi connectivity index (χ2v) is 3.05. The molecule has 68 valence electrons. The van der Waals surface area contributed by atoms with E-state index in [1.165, 1.54) is 0 Å². The lowest BCUT2D eigenvalue weighted by Gasteiger charge is -2.19. The fourth-order valence-electron chi connectivity index (χ4n) is 1.42. The van der Waals surface area contributed by atoms with Gasteiger partial charge in [-0.05, 0) is 19.8 Å². The maximum Gasteiger partial charge on any atom is 0.410 e. The lowest BCUT2D eigenvalue weighted by molar-refractivity contribution is 0.110. The van der Waals surface area contributed by atoms with Crippen LogP contribution in [0, 0.1) is 0 Å². The molecule has 1 amide bonds. The number of amides is 1. The number of hydrogen-bond donors (Lipinski definition) is 0. The molecule has 0 unspecified atom stereocenters. The molecule has 3 heteroatoms. The minimum absolute atomic E-state index is 0.208. The normalized spacial score (nSPS) is 22.4. The Morgan fingerprint density at radius 3 is 3.08 bits per heavy atom. The molecule has 1 saturated heterocycles. The smallest absolute Gasteiger partial charge is 0.410 e. The molecule has 0 bridgehead atoms. The Morgan fingerprint density at radius 2 is 2.58 bits per heavy atom. The standard InChI is InChI=1S/C9H15NO2/c1-3-7-12-9(11)10-6-4-5-8(10)2/h3,8H,1,4-7H2,2H3/t8-/m1/s1. The topological polar surface area (TPSA) is 29.5 Å². The molecule has 0 radical (unpaired) electrons. The van der Waals surface area contributed by atoms with Crippen molar-refractivity contribution in [3.05, 3.63) is 12.7 Å². The van der Waals surface area contributed by atoms with Crippen LogP contribution < -0.4 is 0 Å². The third-order valence-corrected chi connectivity index (χ3v) is 2.11. The molecule has 1 rings (SSSR count). The number of rotatable bonds is 2. The first-order valence-corrected chi connectivity index (χ1v) is 4.30. The molecule has 0 aromatic heterocycles. The van der Waals surface area contributed by atoms with E-state index in [2.05, 4.69) is 6.58 Å².